The maximum atomic E-state index is 13.4. The number of nitrogens with zero attached hydrogens (tertiary/aromatic N) is 1. The molecule has 0 spiro atoms. The third kappa shape index (κ3) is 2.85. The van der Waals surface area contributed by atoms with Gasteiger partial charge in [0.05, 0.1) is 5.69 Å². The van der Waals surface area contributed by atoms with Gasteiger partial charge in [-0.15, -0.1) is 11.3 Å². The summed E-state index contributed by atoms with van der Waals surface area (Å²) in [5.41, 5.74) is 3.03. The average Bonchev–Trinajstić information content (AvgIpc) is 3.14. The van der Waals surface area contributed by atoms with Crippen molar-refractivity contribution in [3.05, 3.63) is 40.2 Å². The Bertz CT molecular complexity index is 602. The lowest BCUT2D eigenvalue weighted by Gasteiger charge is -2.01. The molecule has 19 heavy (non-hydrogen) atoms. The van der Waals surface area contributed by atoms with Crippen LogP contribution in [0, 0.1) is 19.7 Å². The Morgan fingerprint density at radius 1 is 1.37 bits per heavy atom. The second-order valence-electron chi connectivity index (χ2n) is 5.14. The highest BCUT2D eigenvalue weighted by Gasteiger charge is 2.21. The monoisotopic (exact) mass is 276 g/mol. The van der Waals surface area contributed by atoms with Crippen molar-refractivity contribution in [2.45, 2.75) is 39.3 Å². The number of rotatable bonds is 4. The summed E-state index contributed by atoms with van der Waals surface area (Å²) in [6.07, 6.45) is 2.57. The van der Waals surface area contributed by atoms with E-state index in [1.54, 1.807) is 17.4 Å². The van der Waals surface area contributed by atoms with Crippen LogP contribution in [-0.4, -0.2) is 11.0 Å². The first kappa shape index (κ1) is 12.8. The summed E-state index contributed by atoms with van der Waals surface area (Å²) in [6, 6.07) is 5.57. The van der Waals surface area contributed by atoms with E-state index < -0.39 is 0 Å². The first-order valence-corrected chi connectivity index (χ1v) is 7.41. The summed E-state index contributed by atoms with van der Waals surface area (Å²) < 4.78 is 13.4. The predicted molar refractivity (Wildman–Crippen MR) is 76.8 cm³/mol. The van der Waals surface area contributed by atoms with Gasteiger partial charge in [-0.1, -0.05) is 6.07 Å². The van der Waals surface area contributed by atoms with Crippen LogP contribution in [0.4, 0.5) is 4.39 Å². The minimum Gasteiger partial charge on any atom is -0.309 e. The summed E-state index contributed by atoms with van der Waals surface area (Å²) in [6.45, 7) is 4.90. The highest BCUT2D eigenvalue weighted by atomic mass is 32.1. The minimum absolute atomic E-state index is 0.203. The Morgan fingerprint density at radius 3 is 2.89 bits per heavy atom. The molecule has 1 aromatic carbocycles. The van der Waals surface area contributed by atoms with Gasteiger partial charge < -0.3 is 5.32 Å². The van der Waals surface area contributed by atoms with Crippen LogP contribution in [0.3, 0.4) is 0 Å². The summed E-state index contributed by atoms with van der Waals surface area (Å²) in [5, 5.41) is 4.42. The normalized spacial score (nSPS) is 14.9. The molecule has 0 bridgehead atoms. The van der Waals surface area contributed by atoms with E-state index >= 15 is 0 Å². The molecule has 100 valence electrons. The van der Waals surface area contributed by atoms with Crippen molar-refractivity contribution in [2.24, 2.45) is 0 Å². The van der Waals surface area contributed by atoms with Crippen LogP contribution in [0.1, 0.15) is 29.0 Å². The Morgan fingerprint density at radius 2 is 2.16 bits per heavy atom. The molecule has 0 amide bonds. The zero-order valence-corrected chi connectivity index (χ0v) is 12.0. The quantitative estimate of drug-likeness (QED) is 0.918. The maximum Gasteiger partial charge on any atom is 0.124 e. The van der Waals surface area contributed by atoms with Crippen LogP contribution in [-0.2, 0) is 6.54 Å². The number of thiazole rings is 1. The smallest absolute Gasteiger partial charge is 0.124 e. The van der Waals surface area contributed by atoms with Gasteiger partial charge in [0.1, 0.15) is 10.8 Å². The average molecular weight is 276 g/mol. The largest absolute Gasteiger partial charge is 0.309 e. The Kier molecular flexibility index (Phi) is 3.37. The number of aryl methyl sites for hydroxylation is 2. The van der Waals surface area contributed by atoms with E-state index in [1.165, 1.54) is 23.8 Å². The van der Waals surface area contributed by atoms with Crippen molar-refractivity contribution in [3.63, 3.8) is 0 Å². The number of nitrogens with one attached hydrogen (secondary N) is 1. The van der Waals surface area contributed by atoms with Crippen molar-refractivity contribution in [1.29, 1.82) is 0 Å². The van der Waals surface area contributed by atoms with Crippen LogP contribution in [0.2, 0.25) is 0 Å². The highest BCUT2D eigenvalue weighted by molar-refractivity contribution is 7.15. The molecular formula is C15H17FN2S. The molecule has 1 aliphatic rings. The van der Waals surface area contributed by atoms with Crippen LogP contribution >= 0.6 is 11.3 Å². The molecule has 4 heteroatoms. The molecule has 0 radical (unpaired) electrons. The van der Waals surface area contributed by atoms with E-state index in [0.717, 1.165) is 28.4 Å². The van der Waals surface area contributed by atoms with Gasteiger partial charge in [-0.2, -0.15) is 0 Å². The third-order valence-corrected chi connectivity index (χ3v) is 4.64. The Labute approximate surface area is 116 Å². The molecule has 2 nitrogen and oxygen atoms in total. The minimum atomic E-state index is -0.203. The van der Waals surface area contributed by atoms with Crippen LogP contribution < -0.4 is 5.32 Å². The number of hydrogen-bond acceptors (Lipinski definition) is 3. The van der Waals surface area contributed by atoms with Crippen LogP contribution in [0.15, 0.2) is 18.2 Å². The number of benzene rings is 1. The molecule has 3 rings (SSSR count). The van der Waals surface area contributed by atoms with Crippen molar-refractivity contribution in [1.82, 2.24) is 10.3 Å². The first-order valence-electron chi connectivity index (χ1n) is 6.59. The maximum absolute atomic E-state index is 13.4. The molecule has 0 aliphatic heterocycles. The number of halogens is 1. The molecule has 1 saturated carbocycles. The topological polar surface area (TPSA) is 24.9 Å². The first-order chi connectivity index (χ1) is 9.13. The van der Waals surface area contributed by atoms with Crippen LogP contribution in [0.5, 0.6) is 0 Å². The van der Waals surface area contributed by atoms with E-state index in [-0.39, 0.29) is 5.82 Å². The predicted octanol–water partition coefficient (Wildman–Crippen LogP) is 3.82. The van der Waals surface area contributed by atoms with E-state index in [4.69, 9.17) is 0 Å². The van der Waals surface area contributed by atoms with Crippen molar-refractivity contribution < 1.29 is 4.39 Å². The standard InChI is InChI=1S/C15H17FN2S/c1-9-3-4-11(16)7-13(9)15-18-10(2)14(19-15)8-17-12-5-6-12/h3-4,7,12,17H,5-6,8H2,1-2H3. The van der Waals surface area contributed by atoms with Gasteiger partial charge in [-0.05, 0) is 44.4 Å². The Hall–Kier alpha value is -1.26. The van der Waals surface area contributed by atoms with Crippen LogP contribution in [0.25, 0.3) is 10.6 Å². The molecule has 1 fully saturated rings. The Balaban J connectivity index is 1.87. The van der Waals surface area contributed by atoms with Gasteiger partial charge in [0.2, 0.25) is 0 Å². The molecule has 1 N–H and O–H groups in total. The molecule has 1 aromatic heterocycles. The second kappa shape index (κ2) is 5.02. The fourth-order valence-corrected chi connectivity index (χ4v) is 3.15. The summed E-state index contributed by atoms with van der Waals surface area (Å²) in [7, 11) is 0. The lowest BCUT2D eigenvalue weighted by atomic mass is 10.1. The summed E-state index contributed by atoms with van der Waals surface area (Å²) in [5.74, 6) is -0.203. The van der Waals surface area contributed by atoms with Gasteiger partial charge >= 0.3 is 0 Å². The molecule has 1 heterocycles. The zero-order valence-electron chi connectivity index (χ0n) is 11.2. The molecular weight excluding hydrogens is 259 g/mol. The zero-order chi connectivity index (χ0) is 13.4. The second-order valence-corrected chi connectivity index (χ2v) is 6.23. The van der Waals surface area contributed by atoms with Gasteiger partial charge in [-0.25, -0.2) is 9.37 Å². The van der Waals surface area contributed by atoms with Crippen molar-refractivity contribution in [3.8, 4) is 10.6 Å². The van der Waals surface area contributed by atoms with E-state index in [9.17, 15) is 4.39 Å². The van der Waals surface area contributed by atoms with Crippen molar-refractivity contribution in [2.75, 3.05) is 0 Å². The van der Waals surface area contributed by atoms with Gasteiger partial charge in [0, 0.05) is 23.0 Å². The van der Waals surface area contributed by atoms with Gasteiger partial charge in [-0.3, -0.25) is 0 Å². The lowest BCUT2D eigenvalue weighted by molar-refractivity contribution is 0.628. The van der Waals surface area contributed by atoms with Crippen molar-refractivity contribution >= 4 is 11.3 Å². The van der Waals surface area contributed by atoms with E-state index in [0.29, 0.717) is 6.04 Å². The van der Waals surface area contributed by atoms with E-state index in [2.05, 4.69) is 10.3 Å². The molecule has 2 aromatic rings. The number of aromatic nitrogens is 1. The van der Waals surface area contributed by atoms with Gasteiger partial charge in [0.15, 0.2) is 0 Å². The van der Waals surface area contributed by atoms with Gasteiger partial charge in [0.25, 0.3) is 0 Å². The molecule has 0 unspecified atom stereocenters. The molecule has 0 saturated heterocycles. The fraction of sp³-hybridized carbons (Fsp3) is 0.400. The third-order valence-electron chi connectivity index (χ3n) is 3.45. The van der Waals surface area contributed by atoms with E-state index in [1.807, 2.05) is 19.9 Å². The number of hydrogen-bond donors (Lipinski definition) is 1. The SMILES string of the molecule is Cc1ccc(F)cc1-c1nc(C)c(CNC2CC2)s1. The fourth-order valence-electron chi connectivity index (χ4n) is 2.06. The highest BCUT2D eigenvalue weighted by Crippen LogP contribution is 2.31. The summed E-state index contributed by atoms with van der Waals surface area (Å²) in [4.78, 5) is 5.85. The molecule has 0 atom stereocenters. The molecule has 1 aliphatic carbocycles. The lowest BCUT2D eigenvalue weighted by Crippen LogP contribution is -2.14. The summed E-state index contributed by atoms with van der Waals surface area (Å²) >= 11 is 1.66.